The van der Waals surface area contributed by atoms with Crippen LogP contribution in [0.5, 0.6) is 0 Å². The molecule has 1 heterocycles. The number of aryl methyl sites for hydroxylation is 2. The van der Waals surface area contributed by atoms with Crippen LogP contribution in [-0.4, -0.2) is 4.98 Å². The van der Waals surface area contributed by atoms with Gasteiger partial charge in [0.1, 0.15) is 0 Å². The number of hydrogen-bond donors (Lipinski definition) is 1. The number of aromatic nitrogens is 1. The Bertz CT molecular complexity index is 488. The van der Waals surface area contributed by atoms with Gasteiger partial charge in [-0.15, -0.1) is 11.3 Å². The van der Waals surface area contributed by atoms with Gasteiger partial charge in [-0.05, 0) is 18.9 Å². The SMILES string of the molecule is CCc1nc(N)sc1Cc1cccc(C)c1. The maximum atomic E-state index is 5.75. The van der Waals surface area contributed by atoms with Crippen molar-refractivity contribution >= 4 is 16.5 Å². The van der Waals surface area contributed by atoms with Crippen LogP contribution in [0.2, 0.25) is 0 Å². The summed E-state index contributed by atoms with van der Waals surface area (Å²) in [5, 5.41) is 0.680. The summed E-state index contributed by atoms with van der Waals surface area (Å²) in [5.74, 6) is 0. The topological polar surface area (TPSA) is 38.9 Å². The van der Waals surface area contributed by atoms with E-state index in [1.165, 1.54) is 16.0 Å². The van der Waals surface area contributed by atoms with Crippen molar-refractivity contribution in [3.05, 3.63) is 46.0 Å². The van der Waals surface area contributed by atoms with Gasteiger partial charge in [-0.3, -0.25) is 0 Å². The predicted molar refractivity (Wildman–Crippen MR) is 69.9 cm³/mol. The van der Waals surface area contributed by atoms with Crippen molar-refractivity contribution in [1.29, 1.82) is 0 Å². The first kappa shape index (κ1) is 11.1. The van der Waals surface area contributed by atoms with E-state index in [2.05, 4.69) is 43.1 Å². The molecule has 2 aromatic rings. The lowest BCUT2D eigenvalue weighted by molar-refractivity contribution is 1.02. The van der Waals surface area contributed by atoms with E-state index < -0.39 is 0 Å². The summed E-state index contributed by atoms with van der Waals surface area (Å²) in [6.45, 7) is 4.24. The second kappa shape index (κ2) is 4.66. The molecule has 3 heteroatoms. The first-order valence-electron chi connectivity index (χ1n) is 5.48. The molecule has 2 N–H and O–H groups in total. The number of rotatable bonds is 3. The third kappa shape index (κ3) is 2.42. The summed E-state index contributed by atoms with van der Waals surface area (Å²) in [7, 11) is 0. The normalized spacial score (nSPS) is 10.6. The quantitative estimate of drug-likeness (QED) is 0.882. The molecule has 0 saturated heterocycles. The van der Waals surface area contributed by atoms with E-state index in [0.717, 1.165) is 18.5 Å². The number of nitrogens with two attached hydrogens (primary N) is 1. The largest absolute Gasteiger partial charge is 0.375 e. The zero-order valence-electron chi connectivity index (χ0n) is 9.66. The molecule has 0 aliphatic rings. The van der Waals surface area contributed by atoms with Gasteiger partial charge in [-0.2, -0.15) is 0 Å². The highest BCUT2D eigenvalue weighted by atomic mass is 32.1. The lowest BCUT2D eigenvalue weighted by atomic mass is 10.1. The van der Waals surface area contributed by atoms with Crippen LogP contribution in [0.25, 0.3) is 0 Å². The molecule has 0 saturated carbocycles. The van der Waals surface area contributed by atoms with Crippen LogP contribution < -0.4 is 5.73 Å². The van der Waals surface area contributed by atoms with E-state index in [9.17, 15) is 0 Å². The van der Waals surface area contributed by atoms with E-state index in [1.807, 2.05) is 0 Å². The Morgan fingerprint density at radius 2 is 2.19 bits per heavy atom. The average molecular weight is 232 g/mol. The van der Waals surface area contributed by atoms with Crippen LogP contribution in [0.4, 0.5) is 5.13 Å². The zero-order valence-corrected chi connectivity index (χ0v) is 10.5. The van der Waals surface area contributed by atoms with Crippen molar-refractivity contribution in [3.8, 4) is 0 Å². The Morgan fingerprint density at radius 1 is 1.38 bits per heavy atom. The van der Waals surface area contributed by atoms with E-state index >= 15 is 0 Å². The average Bonchev–Trinajstić information content (AvgIpc) is 2.59. The highest BCUT2D eigenvalue weighted by Gasteiger charge is 2.08. The van der Waals surface area contributed by atoms with Crippen molar-refractivity contribution in [2.24, 2.45) is 0 Å². The van der Waals surface area contributed by atoms with E-state index in [1.54, 1.807) is 11.3 Å². The monoisotopic (exact) mass is 232 g/mol. The molecule has 1 aromatic heterocycles. The zero-order chi connectivity index (χ0) is 11.5. The summed E-state index contributed by atoms with van der Waals surface area (Å²) in [5.41, 5.74) is 9.52. The molecule has 0 atom stereocenters. The van der Waals surface area contributed by atoms with Crippen LogP contribution in [0, 0.1) is 6.92 Å². The van der Waals surface area contributed by atoms with Gasteiger partial charge in [0, 0.05) is 11.3 Å². The van der Waals surface area contributed by atoms with Gasteiger partial charge in [-0.1, -0.05) is 36.8 Å². The van der Waals surface area contributed by atoms with Crippen molar-refractivity contribution < 1.29 is 0 Å². The first-order chi connectivity index (χ1) is 7.69. The molecule has 0 bridgehead atoms. The minimum Gasteiger partial charge on any atom is -0.375 e. The maximum absolute atomic E-state index is 5.75. The second-order valence-corrected chi connectivity index (χ2v) is 5.06. The molecule has 0 spiro atoms. The maximum Gasteiger partial charge on any atom is 0.180 e. The third-order valence-electron chi connectivity index (χ3n) is 2.58. The molecular formula is C13H16N2S. The van der Waals surface area contributed by atoms with Crippen LogP contribution in [0.15, 0.2) is 24.3 Å². The Labute approximate surface area is 100 Å². The fourth-order valence-electron chi connectivity index (χ4n) is 1.83. The molecule has 0 radical (unpaired) electrons. The van der Waals surface area contributed by atoms with Crippen LogP contribution in [0.1, 0.15) is 28.6 Å². The van der Waals surface area contributed by atoms with Crippen molar-refractivity contribution in [2.75, 3.05) is 5.73 Å². The Balaban J connectivity index is 2.26. The van der Waals surface area contributed by atoms with E-state index in [4.69, 9.17) is 5.73 Å². The molecule has 84 valence electrons. The fourth-order valence-corrected chi connectivity index (χ4v) is 2.78. The van der Waals surface area contributed by atoms with Gasteiger partial charge in [-0.25, -0.2) is 4.98 Å². The van der Waals surface area contributed by atoms with Crippen molar-refractivity contribution in [1.82, 2.24) is 4.98 Å². The molecule has 0 unspecified atom stereocenters. The fraction of sp³-hybridized carbons (Fsp3) is 0.308. The smallest absolute Gasteiger partial charge is 0.180 e. The van der Waals surface area contributed by atoms with Gasteiger partial charge in [0.15, 0.2) is 5.13 Å². The van der Waals surface area contributed by atoms with Gasteiger partial charge in [0.25, 0.3) is 0 Å². The van der Waals surface area contributed by atoms with Gasteiger partial charge in [0.05, 0.1) is 5.69 Å². The molecular weight excluding hydrogens is 216 g/mol. The standard InChI is InChI=1S/C13H16N2S/c1-3-11-12(16-13(14)15-11)8-10-6-4-5-9(2)7-10/h4-7H,3,8H2,1-2H3,(H2,14,15). The lowest BCUT2D eigenvalue weighted by Crippen LogP contribution is -1.91. The number of nitrogen functional groups attached to an aromatic ring is 1. The molecule has 2 nitrogen and oxygen atoms in total. The Kier molecular flexibility index (Phi) is 3.25. The number of benzene rings is 1. The molecule has 0 aliphatic carbocycles. The molecule has 0 fully saturated rings. The summed E-state index contributed by atoms with van der Waals surface area (Å²) in [6, 6.07) is 8.59. The summed E-state index contributed by atoms with van der Waals surface area (Å²) < 4.78 is 0. The molecule has 16 heavy (non-hydrogen) atoms. The summed E-state index contributed by atoms with van der Waals surface area (Å²) in [6.07, 6.45) is 1.90. The first-order valence-corrected chi connectivity index (χ1v) is 6.30. The number of nitrogens with zero attached hydrogens (tertiary/aromatic N) is 1. The lowest BCUT2D eigenvalue weighted by Gasteiger charge is -2.01. The van der Waals surface area contributed by atoms with Gasteiger partial charge in [0.2, 0.25) is 0 Å². The second-order valence-electron chi connectivity index (χ2n) is 3.94. The van der Waals surface area contributed by atoms with E-state index in [0.29, 0.717) is 5.13 Å². The molecule has 0 aliphatic heterocycles. The van der Waals surface area contributed by atoms with Gasteiger partial charge >= 0.3 is 0 Å². The Morgan fingerprint density at radius 3 is 2.88 bits per heavy atom. The summed E-state index contributed by atoms with van der Waals surface area (Å²) >= 11 is 1.61. The highest BCUT2D eigenvalue weighted by Crippen LogP contribution is 2.24. The summed E-state index contributed by atoms with van der Waals surface area (Å²) in [4.78, 5) is 5.64. The molecule has 0 amide bonds. The number of thiazole rings is 1. The minimum atomic E-state index is 0.680. The third-order valence-corrected chi connectivity index (χ3v) is 3.50. The number of hydrogen-bond acceptors (Lipinski definition) is 3. The molecule has 2 rings (SSSR count). The highest BCUT2D eigenvalue weighted by molar-refractivity contribution is 7.15. The van der Waals surface area contributed by atoms with Crippen molar-refractivity contribution in [3.63, 3.8) is 0 Å². The Hall–Kier alpha value is -1.35. The van der Waals surface area contributed by atoms with Crippen LogP contribution in [0.3, 0.4) is 0 Å². The van der Waals surface area contributed by atoms with Crippen molar-refractivity contribution in [2.45, 2.75) is 26.7 Å². The number of anilines is 1. The van der Waals surface area contributed by atoms with E-state index in [-0.39, 0.29) is 0 Å². The van der Waals surface area contributed by atoms with Crippen LogP contribution in [-0.2, 0) is 12.8 Å². The van der Waals surface area contributed by atoms with Gasteiger partial charge < -0.3 is 5.73 Å². The molecule has 1 aromatic carbocycles. The minimum absolute atomic E-state index is 0.680. The predicted octanol–water partition coefficient (Wildman–Crippen LogP) is 3.19. The van der Waals surface area contributed by atoms with Crippen LogP contribution >= 0.6 is 11.3 Å².